The van der Waals surface area contributed by atoms with E-state index in [1.807, 2.05) is 30.3 Å². The van der Waals surface area contributed by atoms with Gasteiger partial charge in [0.15, 0.2) is 0 Å². The predicted molar refractivity (Wildman–Crippen MR) is 98.2 cm³/mol. The fraction of sp³-hybridized carbons (Fsp3) is 0.111. The molecule has 1 heterocycles. The van der Waals surface area contributed by atoms with E-state index in [9.17, 15) is 9.18 Å². The standard InChI is InChI=1S/C18H14FNO2S2/c1-11-2-3-13(8-15(11)19)10-22-14-6-4-12(5-7-14)9-16-17(21)20-18(23)24-16/h2-9H,10H2,1H3,(H,20,21,23). The summed E-state index contributed by atoms with van der Waals surface area (Å²) in [7, 11) is 0. The Morgan fingerprint density at radius 1 is 1.25 bits per heavy atom. The van der Waals surface area contributed by atoms with Crippen LogP contribution in [0.15, 0.2) is 47.4 Å². The van der Waals surface area contributed by atoms with Crippen molar-refractivity contribution in [2.45, 2.75) is 13.5 Å². The fourth-order valence-electron chi connectivity index (χ4n) is 2.13. The third-order valence-corrected chi connectivity index (χ3v) is 4.62. The van der Waals surface area contributed by atoms with Gasteiger partial charge in [-0.1, -0.05) is 48.2 Å². The van der Waals surface area contributed by atoms with Crippen molar-refractivity contribution >= 4 is 40.3 Å². The molecule has 0 aliphatic carbocycles. The molecule has 3 rings (SSSR count). The Morgan fingerprint density at radius 2 is 2.00 bits per heavy atom. The molecule has 3 nitrogen and oxygen atoms in total. The Kier molecular flexibility index (Phi) is 4.97. The summed E-state index contributed by atoms with van der Waals surface area (Å²) in [5.41, 5.74) is 2.27. The van der Waals surface area contributed by atoms with Crippen LogP contribution in [0.4, 0.5) is 4.39 Å². The SMILES string of the molecule is Cc1ccc(COc2ccc(C=C3SC(=S)NC3=O)cc2)cc1F. The number of thioether (sulfide) groups is 1. The lowest BCUT2D eigenvalue weighted by atomic mass is 10.1. The van der Waals surface area contributed by atoms with Gasteiger partial charge in [-0.05, 0) is 47.9 Å². The van der Waals surface area contributed by atoms with E-state index in [2.05, 4.69) is 5.32 Å². The second-order valence-corrected chi connectivity index (χ2v) is 7.01. The molecule has 2 aromatic rings. The molecule has 0 spiro atoms. The maximum absolute atomic E-state index is 13.5. The van der Waals surface area contributed by atoms with Gasteiger partial charge in [-0.3, -0.25) is 4.79 Å². The van der Waals surface area contributed by atoms with E-state index in [0.717, 1.165) is 11.1 Å². The highest BCUT2D eigenvalue weighted by Gasteiger charge is 2.21. The van der Waals surface area contributed by atoms with Gasteiger partial charge >= 0.3 is 0 Å². The van der Waals surface area contributed by atoms with Crippen LogP contribution in [0, 0.1) is 12.7 Å². The smallest absolute Gasteiger partial charge is 0.263 e. The normalized spacial score (nSPS) is 15.7. The molecular weight excluding hydrogens is 345 g/mol. The molecule has 0 saturated carbocycles. The van der Waals surface area contributed by atoms with Crippen molar-refractivity contribution in [1.82, 2.24) is 5.32 Å². The van der Waals surface area contributed by atoms with Crippen molar-refractivity contribution in [2.24, 2.45) is 0 Å². The fourth-order valence-corrected chi connectivity index (χ4v) is 3.17. The third-order valence-electron chi connectivity index (χ3n) is 3.46. The van der Waals surface area contributed by atoms with E-state index in [1.165, 1.54) is 17.8 Å². The minimum atomic E-state index is -0.233. The van der Waals surface area contributed by atoms with Crippen molar-refractivity contribution in [3.05, 3.63) is 69.9 Å². The van der Waals surface area contributed by atoms with Crippen LogP contribution in [-0.4, -0.2) is 10.2 Å². The summed E-state index contributed by atoms with van der Waals surface area (Å²) in [6, 6.07) is 12.4. The molecule has 1 amide bonds. The van der Waals surface area contributed by atoms with Gasteiger partial charge in [0.2, 0.25) is 0 Å². The molecule has 0 aromatic heterocycles. The number of rotatable bonds is 4. The van der Waals surface area contributed by atoms with Gasteiger partial charge in [0, 0.05) is 0 Å². The number of hydrogen-bond donors (Lipinski definition) is 1. The molecule has 122 valence electrons. The van der Waals surface area contributed by atoms with Gasteiger partial charge in [-0.2, -0.15) is 0 Å². The third kappa shape index (κ3) is 4.01. The van der Waals surface area contributed by atoms with E-state index < -0.39 is 0 Å². The van der Waals surface area contributed by atoms with Gasteiger partial charge in [0.25, 0.3) is 5.91 Å². The summed E-state index contributed by atoms with van der Waals surface area (Å²) in [4.78, 5) is 12.2. The molecule has 2 aromatic carbocycles. The van der Waals surface area contributed by atoms with E-state index in [1.54, 1.807) is 19.1 Å². The van der Waals surface area contributed by atoms with Crippen molar-refractivity contribution < 1.29 is 13.9 Å². The van der Waals surface area contributed by atoms with Crippen molar-refractivity contribution in [3.63, 3.8) is 0 Å². The van der Waals surface area contributed by atoms with Gasteiger partial charge in [0.05, 0.1) is 4.91 Å². The van der Waals surface area contributed by atoms with E-state index in [0.29, 0.717) is 27.1 Å². The molecule has 1 saturated heterocycles. The lowest BCUT2D eigenvalue weighted by Gasteiger charge is -2.07. The highest BCUT2D eigenvalue weighted by molar-refractivity contribution is 8.26. The number of ether oxygens (including phenoxy) is 1. The average Bonchev–Trinajstić information content (AvgIpc) is 2.87. The molecule has 1 aliphatic heterocycles. The zero-order valence-corrected chi connectivity index (χ0v) is 14.5. The maximum Gasteiger partial charge on any atom is 0.263 e. The summed E-state index contributed by atoms with van der Waals surface area (Å²) >= 11 is 6.20. The van der Waals surface area contributed by atoms with Crippen molar-refractivity contribution in [3.8, 4) is 5.75 Å². The molecule has 0 bridgehead atoms. The molecule has 1 N–H and O–H groups in total. The van der Waals surface area contributed by atoms with E-state index in [-0.39, 0.29) is 11.7 Å². The van der Waals surface area contributed by atoms with E-state index >= 15 is 0 Å². The van der Waals surface area contributed by atoms with Crippen LogP contribution in [0.25, 0.3) is 6.08 Å². The molecule has 0 atom stereocenters. The molecule has 24 heavy (non-hydrogen) atoms. The Morgan fingerprint density at radius 3 is 2.62 bits per heavy atom. The zero-order chi connectivity index (χ0) is 17.1. The second kappa shape index (κ2) is 7.15. The van der Waals surface area contributed by atoms with Gasteiger partial charge < -0.3 is 10.1 Å². The number of nitrogens with one attached hydrogen (secondary N) is 1. The van der Waals surface area contributed by atoms with Gasteiger partial charge in [-0.15, -0.1) is 0 Å². The lowest BCUT2D eigenvalue weighted by molar-refractivity contribution is -0.115. The minimum absolute atomic E-state index is 0.174. The molecular formula is C18H14FNO2S2. The van der Waals surface area contributed by atoms with Crippen LogP contribution in [0.2, 0.25) is 0 Å². The number of carbonyl (C=O) groups is 1. The summed E-state index contributed by atoms with van der Waals surface area (Å²) in [5.74, 6) is 0.271. The van der Waals surface area contributed by atoms with Crippen LogP contribution >= 0.6 is 24.0 Å². The summed E-state index contributed by atoms with van der Waals surface area (Å²) in [5, 5.41) is 2.58. The average molecular weight is 359 g/mol. The molecule has 0 radical (unpaired) electrons. The van der Waals surface area contributed by atoms with Crippen LogP contribution in [-0.2, 0) is 11.4 Å². The van der Waals surface area contributed by atoms with Crippen LogP contribution < -0.4 is 10.1 Å². The maximum atomic E-state index is 13.5. The Balaban J connectivity index is 1.64. The summed E-state index contributed by atoms with van der Waals surface area (Å²) in [6.45, 7) is 2.02. The van der Waals surface area contributed by atoms with Crippen molar-refractivity contribution in [1.29, 1.82) is 0 Å². The van der Waals surface area contributed by atoms with E-state index in [4.69, 9.17) is 17.0 Å². The number of hydrogen-bond acceptors (Lipinski definition) is 4. The highest BCUT2D eigenvalue weighted by atomic mass is 32.2. The lowest BCUT2D eigenvalue weighted by Crippen LogP contribution is -2.17. The minimum Gasteiger partial charge on any atom is -0.489 e. The van der Waals surface area contributed by atoms with Crippen LogP contribution in [0.3, 0.4) is 0 Å². The van der Waals surface area contributed by atoms with Crippen LogP contribution in [0.1, 0.15) is 16.7 Å². The number of benzene rings is 2. The van der Waals surface area contributed by atoms with Crippen LogP contribution in [0.5, 0.6) is 5.75 Å². The van der Waals surface area contributed by atoms with Gasteiger partial charge in [-0.25, -0.2) is 4.39 Å². The first kappa shape index (κ1) is 16.7. The number of carbonyl (C=O) groups excluding carboxylic acids is 1. The Hall–Kier alpha value is -2.18. The molecule has 1 aliphatic rings. The first-order valence-electron chi connectivity index (χ1n) is 7.24. The zero-order valence-electron chi connectivity index (χ0n) is 12.8. The number of thiocarbonyl (C=S) groups is 1. The molecule has 0 unspecified atom stereocenters. The molecule has 6 heteroatoms. The summed E-state index contributed by atoms with van der Waals surface area (Å²) in [6.07, 6.45) is 1.78. The van der Waals surface area contributed by atoms with Crippen molar-refractivity contribution in [2.75, 3.05) is 0 Å². The monoisotopic (exact) mass is 359 g/mol. The largest absolute Gasteiger partial charge is 0.489 e. The number of aryl methyl sites for hydroxylation is 1. The first-order chi connectivity index (χ1) is 11.5. The topological polar surface area (TPSA) is 38.3 Å². The summed E-state index contributed by atoms with van der Waals surface area (Å²) < 4.78 is 19.6. The van der Waals surface area contributed by atoms with Gasteiger partial charge in [0.1, 0.15) is 22.5 Å². The quantitative estimate of drug-likeness (QED) is 0.656. The predicted octanol–water partition coefficient (Wildman–Crippen LogP) is 4.20. The second-order valence-electron chi connectivity index (χ2n) is 5.29. The first-order valence-corrected chi connectivity index (χ1v) is 8.46. The number of halogens is 1. The Bertz CT molecular complexity index is 831. The highest BCUT2D eigenvalue weighted by Crippen LogP contribution is 2.26. The molecule has 1 fully saturated rings. The number of amides is 1. The Labute approximate surface area is 148 Å².